The van der Waals surface area contributed by atoms with Gasteiger partial charge in [-0.05, 0) is 54.8 Å². The zero-order valence-corrected chi connectivity index (χ0v) is 18.7. The number of aromatic nitrogens is 3. The molecule has 0 unspecified atom stereocenters. The fraction of sp³-hybridized carbons (Fsp3) is 0.143. The summed E-state index contributed by atoms with van der Waals surface area (Å²) in [6.45, 7) is 2.26. The average Bonchev–Trinajstić information content (AvgIpc) is 3.56. The largest absolute Gasteiger partial charge is 0.457 e. The van der Waals surface area contributed by atoms with Crippen LogP contribution in [0.2, 0.25) is 0 Å². The van der Waals surface area contributed by atoms with Crippen LogP contribution < -0.4 is 15.4 Å². The van der Waals surface area contributed by atoms with Gasteiger partial charge in [0.1, 0.15) is 11.5 Å². The van der Waals surface area contributed by atoms with Crippen LogP contribution in [0.25, 0.3) is 33.3 Å². The van der Waals surface area contributed by atoms with Crippen molar-refractivity contribution in [2.45, 2.75) is 12.8 Å². The highest BCUT2D eigenvalue weighted by Gasteiger charge is 2.17. The molecule has 0 bridgehead atoms. The molecule has 6 nitrogen and oxygen atoms in total. The first-order valence-corrected chi connectivity index (χ1v) is 11.6. The Kier molecular flexibility index (Phi) is 5.11. The van der Waals surface area contributed by atoms with E-state index in [1.54, 1.807) is 0 Å². The number of fused-ring (bicyclic) bond motifs is 1. The molecule has 5 aromatic rings. The van der Waals surface area contributed by atoms with E-state index >= 15 is 0 Å². The molecular formula is C28H25N5O. The fourth-order valence-electron chi connectivity index (χ4n) is 4.63. The number of nitrogen functional groups attached to an aromatic ring is 1. The standard InChI is InChI=1S/C28H25N5O/c29-28-25-24(19-10-14-23(15-11-19)34-22-6-2-1-3-7-22)18-30-26(27(25)31-32-28)20-8-12-21(13-9-20)33-16-4-5-17-33/h1-3,6-15,18H,4-5,16-17H2,(H3,29,31,32). The van der Waals surface area contributed by atoms with Gasteiger partial charge in [-0.3, -0.25) is 10.1 Å². The van der Waals surface area contributed by atoms with Crippen LogP contribution in [0.5, 0.6) is 11.5 Å². The maximum absolute atomic E-state index is 6.30. The predicted molar refractivity (Wildman–Crippen MR) is 137 cm³/mol. The first-order valence-electron chi connectivity index (χ1n) is 11.6. The van der Waals surface area contributed by atoms with Crippen molar-refractivity contribution >= 4 is 22.4 Å². The summed E-state index contributed by atoms with van der Waals surface area (Å²) in [6, 6.07) is 26.3. The van der Waals surface area contributed by atoms with E-state index in [0.29, 0.717) is 5.82 Å². The summed E-state index contributed by atoms with van der Waals surface area (Å²) >= 11 is 0. The Hall–Kier alpha value is -4.32. The molecule has 0 atom stereocenters. The van der Waals surface area contributed by atoms with E-state index in [9.17, 15) is 0 Å². The smallest absolute Gasteiger partial charge is 0.153 e. The van der Waals surface area contributed by atoms with Crippen LogP contribution in [0.15, 0.2) is 85.1 Å². The minimum atomic E-state index is 0.465. The van der Waals surface area contributed by atoms with Crippen LogP contribution in [0, 0.1) is 0 Å². The molecule has 1 aliphatic heterocycles. The summed E-state index contributed by atoms with van der Waals surface area (Å²) in [6.07, 6.45) is 4.40. The molecule has 0 saturated carbocycles. The molecule has 6 rings (SSSR count). The maximum atomic E-state index is 6.30. The number of ether oxygens (including phenoxy) is 1. The van der Waals surface area contributed by atoms with Gasteiger partial charge in [0.2, 0.25) is 0 Å². The molecular weight excluding hydrogens is 422 g/mol. The second kappa shape index (κ2) is 8.56. The van der Waals surface area contributed by atoms with Crippen LogP contribution in [0.1, 0.15) is 12.8 Å². The minimum Gasteiger partial charge on any atom is -0.457 e. The minimum absolute atomic E-state index is 0.465. The molecule has 0 amide bonds. The number of hydrogen-bond donors (Lipinski definition) is 2. The summed E-state index contributed by atoms with van der Waals surface area (Å²) in [5.41, 5.74) is 12.2. The van der Waals surface area contributed by atoms with Crippen LogP contribution in [-0.4, -0.2) is 28.3 Å². The van der Waals surface area contributed by atoms with Gasteiger partial charge in [-0.25, -0.2) is 0 Å². The van der Waals surface area contributed by atoms with E-state index in [-0.39, 0.29) is 0 Å². The third-order valence-electron chi connectivity index (χ3n) is 6.38. The number of hydrogen-bond acceptors (Lipinski definition) is 5. The van der Waals surface area contributed by atoms with Gasteiger partial charge < -0.3 is 15.4 Å². The Morgan fingerprint density at radius 3 is 2.21 bits per heavy atom. The lowest BCUT2D eigenvalue weighted by atomic mass is 10.0. The van der Waals surface area contributed by atoms with E-state index in [1.165, 1.54) is 18.5 Å². The highest BCUT2D eigenvalue weighted by Crippen LogP contribution is 2.37. The van der Waals surface area contributed by atoms with Crippen LogP contribution in [0.4, 0.5) is 11.5 Å². The SMILES string of the molecule is Nc1n[nH]c2c(-c3ccc(N4CCCC4)cc3)ncc(-c3ccc(Oc4ccccc4)cc3)c12. The average molecular weight is 448 g/mol. The zero-order chi connectivity index (χ0) is 22.9. The van der Waals surface area contributed by atoms with Gasteiger partial charge in [0, 0.05) is 36.1 Å². The lowest BCUT2D eigenvalue weighted by molar-refractivity contribution is 0.483. The van der Waals surface area contributed by atoms with Crippen molar-refractivity contribution in [3.05, 3.63) is 85.1 Å². The fourth-order valence-corrected chi connectivity index (χ4v) is 4.63. The third kappa shape index (κ3) is 3.73. The summed E-state index contributed by atoms with van der Waals surface area (Å²) in [7, 11) is 0. The zero-order valence-electron chi connectivity index (χ0n) is 18.7. The summed E-state index contributed by atoms with van der Waals surface area (Å²) < 4.78 is 5.93. The molecule has 3 heterocycles. The van der Waals surface area contributed by atoms with Gasteiger partial charge in [0.25, 0.3) is 0 Å². The van der Waals surface area contributed by atoms with Gasteiger partial charge in [0.15, 0.2) is 5.82 Å². The van der Waals surface area contributed by atoms with Crippen molar-refractivity contribution in [1.82, 2.24) is 15.2 Å². The number of nitrogens with zero attached hydrogens (tertiary/aromatic N) is 3. The third-order valence-corrected chi connectivity index (χ3v) is 6.38. The van der Waals surface area contributed by atoms with Crippen LogP contribution in [-0.2, 0) is 0 Å². The molecule has 1 fully saturated rings. The number of anilines is 2. The van der Waals surface area contributed by atoms with Crippen molar-refractivity contribution in [3.8, 4) is 33.9 Å². The normalized spacial score (nSPS) is 13.5. The highest BCUT2D eigenvalue weighted by molar-refractivity contribution is 6.06. The molecule has 0 radical (unpaired) electrons. The molecule has 6 heteroatoms. The van der Waals surface area contributed by atoms with E-state index in [4.69, 9.17) is 15.5 Å². The Morgan fingerprint density at radius 2 is 1.47 bits per heavy atom. The van der Waals surface area contributed by atoms with Crippen LogP contribution >= 0.6 is 0 Å². The second-order valence-electron chi connectivity index (χ2n) is 8.56. The molecule has 2 aromatic heterocycles. The highest BCUT2D eigenvalue weighted by atomic mass is 16.5. The van der Waals surface area contributed by atoms with Crippen molar-refractivity contribution in [3.63, 3.8) is 0 Å². The number of nitrogens with two attached hydrogens (primary N) is 1. The monoisotopic (exact) mass is 447 g/mol. The number of rotatable bonds is 5. The molecule has 1 saturated heterocycles. The Balaban J connectivity index is 1.33. The molecule has 1 aliphatic rings. The van der Waals surface area contributed by atoms with Gasteiger partial charge in [-0.15, -0.1) is 0 Å². The molecule has 3 aromatic carbocycles. The quantitative estimate of drug-likeness (QED) is 0.332. The molecule has 3 N–H and O–H groups in total. The Labute approximate surface area is 198 Å². The molecule has 0 spiro atoms. The van der Waals surface area contributed by atoms with Crippen molar-refractivity contribution < 1.29 is 4.74 Å². The topological polar surface area (TPSA) is 80.1 Å². The summed E-state index contributed by atoms with van der Waals surface area (Å²) in [4.78, 5) is 7.24. The number of benzene rings is 3. The van der Waals surface area contributed by atoms with E-state index < -0.39 is 0 Å². The number of para-hydroxylation sites is 1. The lowest BCUT2D eigenvalue weighted by Gasteiger charge is -2.17. The lowest BCUT2D eigenvalue weighted by Crippen LogP contribution is -2.17. The molecule has 34 heavy (non-hydrogen) atoms. The van der Waals surface area contributed by atoms with E-state index in [2.05, 4.69) is 39.4 Å². The van der Waals surface area contributed by atoms with E-state index in [0.717, 1.165) is 57.9 Å². The molecule has 0 aliphatic carbocycles. The summed E-state index contributed by atoms with van der Waals surface area (Å²) in [5.74, 6) is 2.04. The number of nitrogens with one attached hydrogen (secondary N) is 1. The van der Waals surface area contributed by atoms with Crippen molar-refractivity contribution in [2.24, 2.45) is 0 Å². The second-order valence-corrected chi connectivity index (χ2v) is 8.56. The van der Waals surface area contributed by atoms with Crippen molar-refractivity contribution in [1.29, 1.82) is 0 Å². The predicted octanol–water partition coefficient (Wildman–Crippen LogP) is 6.27. The number of H-pyrrole nitrogens is 1. The van der Waals surface area contributed by atoms with Crippen LogP contribution in [0.3, 0.4) is 0 Å². The Bertz CT molecular complexity index is 1420. The Morgan fingerprint density at radius 1 is 0.794 bits per heavy atom. The van der Waals surface area contributed by atoms with Gasteiger partial charge in [0.05, 0.1) is 16.6 Å². The van der Waals surface area contributed by atoms with Gasteiger partial charge in [-0.1, -0.05) is 42.5 Å². The van der Waals surface area contributed by atoms with Crippen molar-refractivity contribution in [2.75, 3.05) is 23.7 Å². The number of aromatic amines is 1. The maximum Gasteiger partial charge on any atom is 0.153 e. The number of pyridine rings is 1. The first kappa shape index (κ1) is 20.3. The first-order chi connectivity index (χ1) is 16.8. The molecule has 168 valence electrons. The summed E-state index contributed by atoms with van der Waals surface area (Å²) in [5, 5.41) is 8.29. The van der Waals surface area contributed by atoms with Gasteiger partial charge in [-0.2, -0.15) is 5.10 Å². The van der Waals surface area contributed by atoms with E-state index in [1.807, 2.05) is 60.8 Å². The van der Waals surface area contributed by atoms with Gasteiger partial charge >= 0.3 is 0 Å².